The molecule has 0 aliphatic rings. The van der Waals surface area contributed by atoms with Crippen LogP contribution in [0.2, 0.25) is 0 Å². The topological polar surface area (TPSA) is 41.1 Å². The number of nitrogens with one attached hydrogen (secondary N) is 2. The quantitative estimate of drug-likeness (QED) is 0.722. The van der Waals surface area contributed by atoms with E-state index in [2.05, 4.69) is 17.2 Å². The summed E-state index contributed by atoms with van der Waals surface area (Å²) in [6.45, 7) is 6.43. The summed E-state index contributed by atoms with van der Waals surface area (Å²) in [7, 11) is 0. The van der Waals surface area contributed by atoms with Crippen molar-refractivity contribution in [1.29, 1.82) is 0 Å². The monoisotopic (exact) mass is 250 g/mol. The molecule has 1 aromatic carbocycles. The van der Waals surface area contributed by atoms with Gasteiger partial charge in [0, 0.05) is 6.54 Å². The first-order valence-corrected chi connectivity index (χ1v) is 6.00. The molecule has 0 fully saturated rings. The average Bonchev–Trinajstić information content (AvgIpc) is 2.35. The lowest BCUT2D eigenvalue weighted by molar-refractivity contribution is -0.122. The summed E-state index contributed by atoms with van der Waals surface area (Å²) in [6, 6.07) is 6.21. The molecule has 0 saturated heterocycles. The molecule has 1 atom stereocenters. The van der Waals surface area contributed by atoms with Crippen molar-refractivity contribution in [3.8, 4) is 0 Å². The number of amides is 1. The van der Waals surface area contributed by atoms with E-state index >= 15 is 0 Å². The second-order valence-electron chi connectivity index (χ2n) is 4.09. The normalized spacial score (nSPS) is 11.9. The maximum atomic E-state index is 12.9. The third kappa shape index (κ3) is 5.10. The number of rotatable bonds is 7. The fourth-order valence-electron chi connectivity index (χ4n) is 1.54. The van der Waals surface area contributed by atoms with Crippen molar-refractivity contribution in [1.82, 2.24) is 10.6 Å². The second-order valence-corrected chi connectivity index (χ2v) is 4.09. The van der Waals surface area contributed by atoms with Crippen molar-refractivity contribution in [2.24, 2.45) is 0 Å². The molecule has 1 amide bonds. The summed E-state index contributed by atoms with van der Waals surface area (Å²) in [4.78, 5) is 11.5. The molecule has 0 saturated carbocycles. The van der Waals surface area contributed by atoms with Crippen LogP contribution in [0.15, 0.2) is 36.9 Å². The summed E-state index contributed by atoms with van der Waals surface area (Å²) < 4.78 is 12.9. The molecule has 3 nitrogen and oxygen atoms in total. The number of halogens is 1. The van der Waals surface area contributed by atoms with Crippen LogP contribution in [0.3, 0.4) is 0 Å². The van der Waals surface area contributed by atoms with Crippen LogP contribution in [-0.4, -0.2) is 25.0 Å². The highest BCUT2D eigenvalue weighted by Crippen LogP contribution is 2.03. The number of hydrogen-bond donors (Lipinski definition) is 2. The molecule has 0 aromatic heterocycles. The Morgan fingerprint density at radius 3 is 3.00 bits per heavy atom. The minimum absolute atomic E-state index is 0.0610. The van der Waals surface area contributed by atoms with Gasteiger partial charge in [0.15, 0.2) is 0 Å². The van der Waals surface area contributed by atoms with Gasteiger partial charge in [-0.25, -0.2) is 4.39 Å². The van der Waals surface area contributed by atoms with E-state index < -0.39 is 0 Å². The Hall–Kier alpha value is -1.68. The number of hydrogen-bond acceptors (Lipinski definition) is 2. The molecule has 1 rings (SSSR count). The maximum absolute atomic E-state index is 12.9. The zero-order valence-corrected chi connectivity index (χ0v) is 10.6. The van der Waals surface area contributed by atoms with Crippen LogP contribution in [0.1, 0.15) is 12.5 Å². The minimum Gasteiger partial charge on any atom is -0.351 e. The molecule has 1 aromatic rings. The van der Waals surface area contributed by atoms with Gasteiger partial charge in [-0.15, -0.1) is 6.58 Å². The van der Waals surface area contributed by atoms with Gasteiger partial charge in [-0.05, 0) is 37.6 Å². The van der Waals surface area contributed by atoms with Crippen LogP contribution in [0.25, 0.3) is 0 Å². The molecule has 2 N–H and O–H groups in total. The van der Waals surface area contributed by atoms with Gasteiger partial charge in [-0.1, -0.05) is 18.2 Å². The molecular formula is C14H19FN2O. The van der Waals surface area contributed by atoms with Crippen molar-refractivity contribution in [3.63, 3.8) is 0 Å². The highest BCUT2D eigenvalue weighted by Gasteiger charge is 2.10. The Morgan fingerprint density at radius 1 is 1.56 bits per heavy atom. The van der Waals surface area contributed by atoms with Gasteiger partial charge in [0.25, 0.3) is 0 Å². The molecular weight excluding hydrogens is 231 g/mol. The first kappa shape index (κ1) is 14.4. The summed E-state index contributed by atoms with van der Waals surface area (Å²) in [5.74, 6) is -0.293. The Bertz CT molecular complexity index is 407. The number of benzene rings is 1. The zero-order valence-electron chi connectivity index (χ0n) is 10.6. The molecule has 0 aliphatic carbocycles. The van der Waals surface area contributed by atoms with Gasteiger partial charge < -0.3 is 10.6 Å². The van der Waals surface area contributed by atoms with Crippen molar-refractivity contribution >= 4 is 5.91 Å². The van der Waals surface area contributed by atoms with Gasteiger partial charge in [-0.3, -0.25) is 4.79 Å². The standard InChI is InChI=1S/C14H19FN2O/c1-3-8-17-14(18)11(2)16-9-7-12-5-4-6-13(15)10-12/h3-6,10-11,16H,1,7-9H2,2H3,(H,17,18). The van der Waals surface area contributed by atoms with Crippen molar-refractivity contribution in [3.05, 3.63) is 48.3 Å². The molecule has 0 heterocycles. The van der Waals surface area contributed by atoms with Gasteiger partial charge in [0.2, 0.25) is 5.91 Å². The molecule has 0 bridgehead atoms. The largest absolute Gasteiger partial charge is 0.351 e. The Morgan fingerprint density at radius 2 is 2.33 bits per heavy atom. The van der Waals surface area contributed by atoms with E-state index in [1.807, 2.05) is 6.07 Å². The number of carbonyl (C=O) groups is 1. The maximum Gasteiger partial charge on any atom is 0.237 e. The first-order chi connectivity index (χ1) is 8.63. The second kappa shape index (κ2) is 7.61. The van der Waals surface area contributed by atoms with E-state index in [0.717, 1.165) is 5.56 Å². The molecule has 0 spiro atoms. The molecule has 0 radical (unpaired) electrons. The SMILES string of the molecule is C=CCNC(=O)C(C)NCCc1cccc(F)c1. The van der Waals surface area contributed by atoms with Crippen LogP contribution in [0.4, 0.5) is 4.39 Å². The van der Waals surface area contributed by atoms with E-state index in [1.54, 1.807) is 19.1 Å². The van der Waals surface area contributed by atoms with Crippen LogP contribution in [0, 0.1) is 5.82 Å². The third-order valence-electron chi connectivity index (χ3n) is 2.57. The molecule has 98 valence electrons. The summed E-state index contributed by atoms with van der Waals surface area (Å²) in [5.41, 5.74) is 0.918. The van der Waals surface area contributed by atoms with E-state index in [9.17, 15) is 9.18 Å². The van der Waals surface area contributed by atoms with Crippen molar-refractivity contribution in [2.45, 2.75) is 19.4 Å². The summed E-state index contributed by atoms with van der Waals surface area (Å²) in [5, 5.41) is 5.80. The van der Waals surface area contributed by atoms with Crippen LogP contribution < -0.4 is 10.6 Å². The Balaban J connectivity index is 2.28. The van der Waals surface area contributed by atoms with E-state index in [0.29, 0.717) is 19.5 Å². The lowest BCUT2D eigenvalue weighted by atomic mass is 10.1. The molecule has 18 heavy (non-hydrogen) atoms. The van der Waals surface area contributed by atoms with Gasteiger partial charge in [0.1, 0.15) is 5.82 Å². The van der Waals surface area contributed by atoms with E-state index in [1.165, 1.54) is 12.1 Å². The van der Waals surface area contributed by atoms with E-state index in [4.69, 9.17) is 0 Å². The highest BCUT2D eigenvalue weighted by molar-refractivity contribution is 5.81. The molecule has 1 unspecified atom stereocenters. The highest BCUT2D eigenvalue weighted by atomic mass is 19.1. The fourth-order valence-corrected chi connectivity index (χ4v) is 1.54. The van der Waals surface area contributed by atoms with Crippen LogP contribution >= 0.6 is 0 Å². The third-order valence-corrected chi connectivity index (χ3v) is 2.57. The summed E-state index contributed by atoms with van der Waals surface area (Å²) in [6.07, 6.45) is 2.33. The minimum atomic E-state index is -0.265. The Labute approximate surface area is 107 Å². The van der Waals surface area contributed by atoms with Crippen LogP contribution in [-0.2, 0) is 11.2 Å². The van der Waals surface area contributed by atoms with Gasteiger partial charge in [0.05, 0.1) is 6.04 Å². The first-order valence-electron chi connectivity index (χ1n) is 6.00. The lowest BCUT2D eigenvalue weighted by Crippen LogP contribution is -2.42. The van der Waals surface area contributed by atoms with Crippen molar-refractivity contribution < 1.29 is 9.18 Å². The smallest absolute Gasteiger partial charge is 0.237 e. The number of carbonyl (C=O) groups excluding carboxylic acids is 1. The Kier molecular flexibility index (Phi) is 6.08. The van der Waals surface area contributed by atoms with Gasteiger partial charge in [-0.2, -0.15) is 0 Å². The summed E-state index contributed by atoms with van der Waals surface area (Å²) >= 11 is 0. The zero-order chi connectivity index (χ0) is 13.4. The van der Waals surface area contributed by atoms with Crippen LogP contribution in [0.5, 0.6) is 0 Å². The van der Waals surface area contributed by atoms with Gasteiger partial charge >= 0.3 is 0 Å². The fraction of sp³-hybridized carbons (Fsp3) is 0.357. The lowest BCUT2D eigenvalue weighted by Gasteiger charge is -2.13. The van der Waals surface area contributed by atoms with Crippen molar-refractivity contribution in [2.75, 3.05) is 13.1 Å². The molecule has 0 aliphatic heterocycles. The predicted molar refractivity (Wildman–Crippen MR) is 70.8 cm³/mol. The van der Waals surface area contributed by atoms with E-state index in [-0.39, 0.29) is 17.8 Å². The average molecular weight is 250 g/mol. The molecule has 4 heteroatoms. The predicted octanol–water partition coefficient (Wildman–Crippen LogP) is 1.65.